The number of carbonyl (C=O) groups is 1. The molecule has 162 valence electrons. The summed E-state index contributed by atoms with van der Waals surface area (Å²) in [6, 6.07) is 13.9. The summed E-state index contributed by atoms with van der Waals surface area (Å²) in [4.78, 5) is 18.3. The van der Waals surface area contributed by atoms with Crippen molar-refractivity contribution in [1.29, 1.82) is 0 Å². The van der Waals surface area contributed by atoms with Crippen LogP contribution in [0.25, 0.3) is 11.3 Å². The van der Waals surface area contributed by atoms with E-state index in [2.05, 4.69) is 10.1 Å². The highest BCUT2D eigenvalue weighted by molar-refractivity contribution is 7.12. The minimum atomic E-state index is 0.0399. The number of anilines is 1. The molecular formula is C24H27N3O3S. The fraction of sp³-hybridized carbons (Fsp3) is 0.417. The van der Waals surface area contributed by atoms with Crippen LogP contribution >= 0.6 is 11.3 Å². The molecule has 2 aliphatic rings. The number of nitrogens with zero attached hydrogens (tertiary/aromatic N) is 3. The van der Waals surface area contributed by atoms with Gasteiger partial charge in [-0.1, -0.05) is 41.6 Å². The summed E-state index contributed by atoms with van der Waals surface area (Å²) < 4.78 is 11.8. The maximum Gasteiger partial charge on any atom is 0.264 e. The Bertz CT molecular complexity index is 991. The lowest BCUT2D eigenvalue weighted by atomic mass is 10.1. The maximum atomic E-state index is 13.4. The molecule has 1 aromatic carbocycles. The summed E-state index contributed by atoms with van der Waals surface area (Å²) in [6.45, 7) is 3.72. The third kappa shape index (κ3) is 4.38. The van der Waals surface area contributed by atoms with Gasteiger partial charge in [0, 0.05) is 31.8 Å². The van der Waals surface area contributed by atoms with Gasteiger partial charge < -0.3 is 19.1 Å². The van der Waals surface area contributed by atoms with E-state index < -0.39 is 0 Å². The topological polar surface area (TPSA) is 58.8 Å². The Labute approximate surface area is 186 Å². The predicted molar refractivity (Wildman–Crippen MR) is 121 cm³/mol. The first-order valence-electron chi connectivity index (χ1n) is 11.0. The van der Waals surface area contributed by atoms with E-state index >= 15 is 0 Å². The van der Waals surface area contributed by atoms with E-state index in [1.54, 1.807) is 0 Å². The Kier molecular flexibility index (Phi) is 6.04. The minimum Gasteiger partial charge on any atom is -0.376 e. The molecule has 1 amide bonds. The van der Waals surface area contributed by atoms with Crippen LogP contribution in [0.3, 0.4) is 0 Å². The average Bonchev–Trinajstić information content (AvgIpc) is 3.61. The molecule has 1 atom stereocenters. The molecule has 2 fully saturated rings. The third-order valence-corrected chi connectivity index (χ3v) is 6.88. The molecule has 0 N–H and O–H groups in total. The maximum absolute atomic E-state index is 13.4. The quantitative estimate of drug-likeness (QED) is 0.530. The SMILES string of the molecule is O=C(c1cccs1)N(Cc1c(-c2ccccc2)noc1N1CCCC1)C[C@@H]1CCCO1. The van der Waals surface area contributed by atoms with Gasteiger partial charge in [0.15, 0.2) is 0 Å². The van der Waals surface area contributed by atoms with Gasteiger partial charge in [0.05, 0.1) is 23.1 Å². The lowest BCUT2D eigenvalue weighted by molar-refractivity contribution is 0.0511. The summed E-state index contributed by atoms with van der Waals surface area (Å²) in [5.74, 6) is 0.839. The van der Waals surface area contributed by atoms with Crippen LogP contribution in [0.1, 0.15) is 40.9 Å². The van der Waals surface area contributed by atoms with Crippen LogP contribution in [0.5, 0.6) is 0 Å². The molecule has 0 aliphatic carbocycles. The predicted octanol–water partition coefficient (Wildman–Crippen LogP) is 4.82. The Morgan fingerprint density at radius 2 is 1.97 bits per heavy atom. The molecule has 0 bridgehead atoms. The van der Waals surface area contributed by atoms with E-state index in [4.69, 9.17) is 9.26 Å². The molecule has 0 unspecified atom stereocenters. The number of aromatic nitrogens is 1. The first-order chi connectivity index (χ1) is 15.3. The second-order valence-corrected chi connectivity index (χ2v) is 9.12. The standard InChI is InChI=1S/C24H27N3O3S/c28-23(21-11-7-15-31-21)27(16-19-10-6-14-29-19)17-20-22(18-8-2-1-3-9-18)25-30-24(20)26-12-4-5-13-26/h1-3,7-9,11,15,19H,4-6,10,12-14,16-17H2/t19-/m0/s1. The fourth-order valence-corrected chi connectivity index (χ4v) is 5.13. The Morgan fingerprint density at radius 1 is 1.13 bits per heavy atom. The van der Waals surface area contributed by atoms with E-state index in [0.717, 1.165) is 73.0 Å². The molecule has 4 heterocycles. The van der Waals surface area contributed by atoms with Crippen molar-refractivity contribution in [2.45, 2.75) is 38.3 Å². The number of hydrogen-bond acceptors (Lipinski definition) is 6. The van der Waals surface area contributed by atoms with Crippen molar-refractivity contribution in [2.75, 3.05) is 31.1 Å². The zero-order valence-electron chi connectivity index (χ0n) is 17.5. The van der Waals surface area contributed by atoms with Crippen molar-refractivity contribution in [3.8, 4) is 11.3 Å². The number of ether oxygens (including phenoxy) is 1. The van der Waals surface area contributed by atoms with Crippen molar-refractivity contribution >= 4 is 23.1 Å². The lowest BCUT2D eigenvalue weighted by Gasteiger charge is -2.26. The first-order valence-corrected chi connectivity index (χ1v) is 11.9. The van der Waals surface area contributed by atoms with E-state index in [1.165, 1.54) is 11.3 Å². The van der Waals surface area contributed by atoms with Crippen LogP contribution in [0.4, 0.5) is 5.88 Å². The molecule has 2 aromatic heterocycles. The zero-order valence-corrected chi connectivity index (χ0v) is 18.4. The third-order valence-electron chi connectivity index (χ3n) is 6.02. The van der Waals surface area contributed by atoms with Gasteiger partial charge >= 0.3 is 0 Å². The van der Waals surface area contributed by atoms with Crippen LogP contribution in [-0.2, 0) is 11.3 Å². The molecular weight excluding hydrogens is 410 g/mol. The van der Waals surface area contributed by atoms with E-state index in [0.29, 0.717) is 13.1 Å². The van der Waals surface area contributed by atoms with Crippen molar-refractivity contribution in [1.82, 2.24) is 10.1 Å². The highest BCUT2D eigenvalue weighted by atomic mass is 32.1. The number of rotatable bonds is 7. The van der Waals surface area contributed by atoms with Crippen LogP contribution in [0, 0.1) is 0 Å². The smallest absolute Gasteiger partial charge is 0.264 e. The van der Waals surface area contributed by atoms with Crippen molar-refractivity contribution in [3.63, 3.8) is 0 Å². The van der Waals surface area contributed by atoms with Crippen LogP contribution in [-0.4, -0.2) is 48.3 Å². The second kappa shape index (κ2) is 9.24. The van der Waals surface area contributed by atoms with Crippen LogP contribution in [0.2, 0.25) is 0 Å². The summed E-state index contributed by atoms with van der Waals surface area (Å²) in [7, 11) is 0. The van der Waals surface area contributed by atoms with Gasteiger partial charge in [-0.25, -0.2) is 0 Å². The lowest BCUT2D eigenvalue weighted by Crippen LogP contribution is -2.37. The molecule has 7 heteroatoms. The largest absolute Gasteiger partial charge is 0.376 e. The fourth-order valence-electron chi connectivity index (χ4n) is 4.43. The Morgan fingerprint density at radius 3 is 2.68 bits per heavy atom. The average molecular weight is 438 g/mol. The molecule has 31 heavy (non-hydrogen) atoms. The van der Waals surface area contributed by atoms with Gasteiger partial charge in [-0.15, -0.1) is 11.3 Å². The first kappa shape index (κ1) is 20.3. The van der Waals surface area contributed by atoms with Crippen molar-refractivity contribution < 1.29 is 14.1 Å². The molecule has 0 saturated carbocycles. The normalized spacial score (nSPS) is 18.6. The summed E-state index contributed by atoms with van der Waals surface area (Å²) >= 11 is 1.48. The number of benzene rings is 1. The van der Waals surface area contributed by atoms with Crippen molar-refractivity contribution in [2.24, 2.45) is 0 Å². The molecule has 3 aromatic rings. The summed E-state index contributed by atoms with van der Waals surface area (Å²) in [5.41, 5.74) is 2.81. The van der Waals surface area contributed by atoms with Gasteiger partial charge in [-0.05, 0) is 37.1 Å². The minimum absolute atomic E-state index is 0.0399. The van der Waals surface area contributed by atoms with Gasteiger partial charge in [0.1, 0.15) is 5.69 Å². The van der Waals surface area contributed by atoms with Gasteiger partial charge in [0.2, 0.25) is 5.88 Å². The van der Waals surface area contributed by atoms with E-state index in [9.17, 15) is 4.79 Å². The molecule has 6 nitrogen and oxygen atoms in total. The summed E-state index contributed by atoms with van der Waals surface area (Å²) in [6.07, 6.45) is 4.41. The molecule has 0 spiro atoms. The van der Waals surface area contributed by atoms with Crippen LogP contribution in [0.15, 0.2) is 52.4 Å². The number of hydrogen-bond donors (Lipinski definition) is 0. The molecule has 0 radical (unpaired) electrons. The summed E-state index contributed by atoms with van der Waals surface area (Å²) in [5, 5.41) is 6.40. The van der Waals surface area contributed by atoms with Gasteiger partial charge in [0.25, 0.3) is 5.91 Å². The highest BCUT2D eigenvalue weighted by Gasteiger charge is 2.30. The van der Waals surface area contributed by atoms with Gasteiger partial charge in [-0.3, -0.25) is 4.79 Å². The number of amides is 1. The van der Waals surface area contributed by atoms with Crippen LogP contribution < -0.4 is 4.90 Å². The monoisotopic (exact) mass is 437 g/mol. The molecule has 2 saturated heterocycles. The number of carbonyl (C=O) groups excluding carboxylic acids is 1. The van der Waals surface area contributed by atoms with E-state index in [-0.39, 0.29) is 12.0 Å². The van der Waals surface area contributed by atoms with Crippen molar-refractivity contribution in [3.05, 3.63) is 58.3 Å². The Balaban J connectivity index is 1.50. The zero-order chi connectivity index (χ0) is 21.0. The highest BCUT2D eigenvalue weighted by Crippen LogP contribution is 2.34. The number of thiophene rings is 1. The van der Waals surface area contributed by atoms with Gasteiger partial charge in [-0.2, -0.15) is 0 Å². The molecule has 2 aliphatic heterocycles. The molecule has 5 rings (SSSR count). The second-order valence-electron chi connectivity index (χ2n) is 8.17. The van der Waals surface area contributed by atoms with E-state index in [1.807, 2.05) is 52.7 Å². The Hall–Kier alpha value is -2.64.